The number of unbranched alkanes of at least 4 members (excludes halogenated alkanes) is 4. The first-order valence-corrected chi connectivity index (χ1v) is 11.0. The van der Waals surface area contributed by atoms with Crippen LogP contribution in [0.4, 0.5) is 20.0 Å². The van der Waals surface area contributed by atoms with Gasteiger partial charge in [0.15, 0.2) is 5.13 Å². The minimum Gasteiger partial charge on any atom is -0.494 e. The quantitative estimate of drug-likeness (QED) is 0.375. The van der Waals surface area contributed by atoms with Gasteiger partial charge < -0.3 is 10.5 Å². The molecule has 0 aliphatic heterocycles. The van der Waals surface area contributed by atoms with Gasteiger partial charge in [-0.25, -0.2) is 19.1 Å². The molecule has 7 heteroatoms. The number of carbonyl (C=O) groups is 1. The topological polar surface area (TPSA) is 68.5 Å². The maximum absolute atomic E-state index is 13.1. The van der Waals surface area contributed by atoms with Gasteiger partial charge in [-0.3, -0.25) is 0 Å². The molecule has 3 rings (SSSR count). The molecule has 0 fully saturated rings. The fraction of sp³-hybridized carbons (Fsp3) is 0.304. The molecule has 0 unspecified atom stereocenters. The SMILES string of the molecule is CCCCCCCOc1ccc(N(C(N)=O)c2nc(-c3ccc(F)cc3)cs2)cc1. The zero-order chi connectivity index (χ0) is 21.3. The van der Waals surface area contributed by atoms with E-state index in [1.807, 2.05) is 17.5 Å². The number of benzene rings is 2. The minimum atomic E-state index is -0.625. The molecule has 158 valence electrons. The van der Waals surface area contributed by atoms with Gasteiger partial charge >= 0.3 is 6.03 Å². The Kier molecular flexibility index (Phi) is 7.79. The van der Waals surface area contributed by atoms with E-state index in [0.717, 1.165) is 17.7 Å². The summed E-state index contributed by atoms with van der Waals surface area (Å²) >= 11 is 1.30. The molecule has 2 amide bonds. The zero-order valence-corrected chi connectivity index (χ0v) is 17.8. The number of aromatic nitrogens is 1. The van der Waals surface area contributed by atoms with Crippen LogP contribution in [-0.2, 0) is 0 Å². The summed E-state index contributed by atoms with van der Waals surface area (Å²) in [7, 11) is 0. The third-order valence-corrected chi connectivity index (χ3v) is 5.48. The Hall–Kier alpha value is -2.93. The molecule has 30 heavy (non-hydrogen) atoms. The van der Waals surface area contributed by atoms with Crippen LogP contribution in [-0.4, -0.2) is 17.6 Å². The highest BCUT2D eigenvalue weighted by molar-refractivity contribution is 7.14. The first kappa shape index (κ1) is 21.8. The Bertz CT molecular complexity index is 942. The van der Waals surface area contributed by atoms with E-state index in [-0.39, 0.29) is 5.82 Å². The molecule has 0 aliphatic carbocycles. The fourth-order valence-corrected chi connectivity index (χ4v) is 3.90. The van der Waals surface area contributed by atoms with Crippen LogP contribution in [0.2, 0.25) is 0 Å². The van der Waals surface area contributed by atoms with E-state index in [2.05, 4.69) is 11.9 Å². The van der Waals surface area contributed by atoms with Crippen LogP contribution in [0.5, 0.6) is 5.75 Å². The van der Waals surface area contributed by atoms with E-state index in [0.29, 0.717) is 23.1 Å². The summed E-state index contributed by atoms with van der Waals surface area (Å²) in [6, 6.07) is 12.7. The van der Waals surface area contributed by atoms with E-state index >= 15 is 0 Å². The molecule has 3 aromatic rings. The minimum absolute atomic E-state index is 0.309. The number of carbonyl (C=O) groups excluding carboxylic acids is 1. The molecule has 1 aromatic heterocycles. The maximum atomic E-state index is 13.1. The molecule has 0 radical (unpaired) electrons. The summed E-state index contributed by atoms with van der Waals surface area (Å²) in [5.74, 6) is 0.445. The van der Waals surface area contributed by atoms with Crippen molar-refractivity contribution in [2.45, 2.75) is 39.0 Å². The van der Waals surface area contributed by atoms with Crippen LogP contribution in [0.3, 0.4) is 0 Å². The smallest absolute Gasteiger partial charge is 0.325 e. The lowest BCUT2D eigenvalue weighted by atomic mass is 10.2. The van der Waals surface area contributed by atoms with Gasteiger partial charge in [-0.15, -0.1) is 11.3 Å². The Morgan fingerprint density at radius 1 is 1.07 bits per heavy atom. The molecule has 1 heterocycles. The third kappa shape index (κ3) is 5.79. The lowest BCUT2D eigenvalue weighted by Gasteiger charge is -2.17. The number of thiazole rings is 1. The Labute approximate surface area is 180 Å². The summed E-state index contributed by atoms with van der Waals surface area (Å²) in [6.07, 6.45) is 5.92. The average Bonchev–Trinajstić information content (AvgIpc) is 3.21. The summed E-state index contributed by atoms with van der Waals surface area (Å²) in [6.45, 7) is 2.87. The lowest BCUT2D eigenvalue weighted by molar-refractivity contribution is 0.256. The summed E-state index contributed by atoms with van der Waals surface area (Å²) in [5, 5.41) is 2.26. The molecular formula is C23H26FN3O2S. The average molecular weight is 428 g/mol. The predicted octanol–water partition coefficient (Wildman–Crippen LogP) is 6.52. The van der Waals surface area contributed by atoms with Crippen molar-refractivity contribution in [1.29, 1.82) is 0 Å². The second-order valence-corrected chi connectivity index (χ2v) is 7.79. The first-order valence-electron chi connectivity index (χ1n) is 10.1. The van der Waals surface area contributed by atoms with E-state index in [1.165, 1.54) is 54.1 Å². The van der Waals surface area contributed by atoms with Crippen molar-refractivity contribution < 1.29 is 13.9 Å². The standard InChI is InChI=1S/C23H26FN3O2S/c1-2-3-4-5-6-15-29-20-13-11-19(12-14-20)27(22(25)28)23-26-21(16-30-23)17-7-9-18(24)10-8-17/h7-14,16H,2-6,15H2,1H3,(H2,25,28). The van der Waals surface area contributed by atoms with Gasteiger partial charge in [0.05, 0.1) is 18.0 Å². The highest BCUT2D eigenvalue weighted by Crippen LogP contribution is 2.33. The monoisotopic (exact) mass is 427 g/mol. The number of anilines is 2. The number of hydrogen-bond acceptors (Lipinski definition) is 4. The highest BCUT2D eigenvalue weighted by Gasteiger charge is 2.19. The van der Waals surface area contributed by atoms with Crippen molar-refractivity contribution in [2.75, 3.05) is 11.5 Å². The van der Waals surface area contributed by atoms with Gasteiger partial charge in [0.1, 0.15) is 11.6 Å². The molecule has 0 bridgehead atoms. The number of halogens is 1. The van der Waals surface area contributed by atoms with Crippen molar-refractivity contribution in [3.8, 4) is 17.0 Å². The number of nitrogens with two attached hydrogens (primary N) is 1. The van der Waals surface area contributed by atoms with Crippen molar-refractivity contribution >= 4 is 28.2 Å². The van der Waals surface area contributed by atoms with Gasteiger partial charge in [-0.2, -0.15) is 0 Å². The highest BCUT2D eigenvalue weighted by atomic mass is 32.1. The molecule has 2 N–H and O–H groups in total. The van der Waals surface area contributed by atoms with Crippen molar-refractivity contribution in [1.82, 2.24) is 4.98 Å². The van der Waals surface area contributed by atoms with E-state index in [4.69, 9.17) is 10.5 Å². The zero-order valence-electron chi connectivity index (χ0n) is 17.0. The molecule has 5 nitrogen and oxygen atoms in total. The summed E-state index contributed by atoms with van der Waals surface area (Å²) < 4.78 is 18.9. The second-order valence-electron chi connectivity index (χ2n) is 6.95. The normalized spacial score (nSPS) is 10.7. The van der Waals surface area contributed by atoms with Crippen LogP contribution < -0.4 is 15.4 Å². The Morgan fingerprint density at radius 2 is 1.77 bits per heavy atom. The van der Waals surface area contributed by atoms with Crippen LogP contribution in [0.1, 0.15) is 39.0 Å². The molecule has 0 saturated carbocycles. The third-order valence-electron chi connectivity index (χ3n) is 4.66. The summed E-state index contributed by atoms with van der Waals surface area (Å²) in [5.41, 5.74) is 7.65. The predicted molar refractivity (Wildman–Crippen MR) is 120 cm³/mol. The van der Waals surface area contributed by atoms with Crippen LogP contribution in [0.25, 0.3) is 11.3 Å². The number of ether oxygens (including phenoxy) is 1. The maximum Gasteiger partial charge on any atom is 0.325 e. The second kappa shape index (κ2) is 10.7. The Balaban J connectivity index is 1.66. The molecule has 0 spiro atoms. The molecule has 2 aromatic carbocycles. The Morgan fingerprint density at radius 3 is 2.43 bits per heavy atom. The number of urea groups is 1. The lowest BCUT2D eigenvalue weighted by Crippen LogP contribution is -2.31. The van der Waals surface area contributed by atoms with E-state index in [1.54, 1.807) is 24.3 Å². The van der Waals surface area contributed by atoms with Crippen LogP contribution in [0, 0.1) is 5.82 Å². The van der Waals surface area contributed by atoms with Gasteiger partial charge in [0.2, 0.25) is 0 Å². The van der Waals surface area contributed by atoms with Gasteiger partial charge in [-0.1, -0.05) is 32.6 Å². The van der Waals surface area contributed by atoms with Gasteiger partial charge in [-0.05, 0) is 55.0 Å². The molecule has 0 atom stereocenters. The summed E-state index contributed by atoms with van der Waals surface area (Å²) in [4.78, 5) is 18.0. The number of rotatable bonds is 10. The fourth-order valence-electron chi connectivity index (χ4n) is 3.04. The molecular weight excluding hydrogens is 401 g/mol. The van der Waals surface area contributed by atoms with Crippen LogP contribution >= 0.6 is 11.3 Å². The van der Waals surface area contributed by atoms with E-state index in [9.17, 15) is 9.18 Å². The number of amides is 2. The number of nitrogens with zero attached hydrogens (tertiary/aromatic N) is 2. The van der Waals surface area contributed by atoms with Gasteiger partial charge in [0.25, 0.3) is 0 Å². The molecule has 0 saturated heterocycles. The first-order chi connectivity index (χ1) is 14.6. The van der Waals surface area contributed by atoms with Crippen molar-refractivity contribution in [2.24, 2.45) is 5.73 Å². The van der Waals surface area contributed by atoms with Crippen molar-refractivity contribution in [3.05, 3.63) is 59.7 Å². The van der Waals surface area contributed by atoms with Crippen LogP contribution in [0.15, 0.2) is 53.9 Å². The van der Waals surface area contributed by atoms with E-state index < -0.39 is 6.03 Å². The number of primary amides is 1. The number of hydrogen-bond donors (Lipinski definition) is 1. The van der Waals surface area contributed by atoms with Gasteiger partial charge in [0, 0.05) is 10.9 Å². The van der Waals surface area contributed by atoms with Crippen molar-refractivity contribution in [3.63, 3.8) is 0 Å². The molecule has 0 aliphatic rings. The largest absolute Gasteiger partial charge is 0.494 e.